The molecule has 0 bridgehead atoms. The number of aromatic nitrogens is 1. The maximum absolute atomic E-state index is 13.1. The predicted molar refractivity (Wildman–Crippen MR) is 107 cm³/mol. The fraction of sp³-hybridized carbons (Fsp3) is 0.400. The molecule has 0 unspecified atom stereocenters. The second-order valence-corrected chi connectivity index (χ2v) is 8.20. The number of likely N-dealkylation sites (tertiary alicyclic amines) is 1. The first-order chi connectivity index (χ1) is 14.0. The smallest absolute Gasteiger partial charge is 0.229 e. The van der Waals surface area contributed by atoms with Crippen molar-refractivity contribution in [2.45, 2.75) is 19.3 Å². The van der Waals surface area contributed by atoms with Crippen LogP contribution in [0.5, 0.6) is 0 Å². The number of rotatable bonds is 4. The van der Waals surface area contributed by atoms with Crippen LogP contribution in [-0.2, 0) is 14.4 Å². The standard InChI is InChI=1S/C20H21FN4O3S/c21-15-1-3-16(4-2-15)25-12-14(11-17(25)26)19(28)24-8-5-13(6-9-24)18(27)23-20-22-7-10-29-20/h1-4,7,10,13-14H,5-6,8-9,11-12H2,(H,22,23,27)/t14-/m1/s1. The minimum Gasteiger partial charge on any atom is -0.342 e. The molecule has 2 aliphatic heterocycles. The van der Waals surface area contributed by atoms with E-state index in [0.29, 0.717) is 43.3 Å². The third-order valence-electron chi connectivity index (χ3n) is 5.45. The summed E-state index contributed by atoms with van der Waals surface area (Å²) >= 11 is 1.37. The minimum atomic E-state index is -0.409. The topological polar surface area (TPSA) is 82.6 Å². The summed E-state index contributed by atoms with van der Waals surface area (Å²) in [4.78, 5) is 44.9. The number of carbonyl (C=O) groups excluding carboxylic acids is 3. The van der Waals surface area contributed by atoms with Gasteiger partial charge in [0, 0.05) is 49.2 Å². The Kier molecular flexibility index (Phi) is 5.57. The zero-order valence-electron chi connectivity index (χ0n) is 15.7. The van der Waals surface area contributed by atoms with Crippen molar-refractivity contribution >= 4 is 39.9 Å². The van der Waals surface area contributed by atoms with Gasteiger partial charge in [-0.3, -0.25) is 14.4 Å². The number of piperidine rings is 1. The average molecular weight is 416 g/mol. The van der Waals surface area contributed by atoms with Crippen LogP contribution in [0.1, 0.15) is 19.3 Å². The lowest BCUT2D eigenvalue weighted by molar-refractivity contribution is -0.138. The van der Waals surface area contributed by atoms with Crippen molar-refractivity contribution in [2.24, 2.45) is 11.8 Å². The lowest BCUT2D eigenvalue weighted by Crippen LogP contribution is -2.44. The number of halogens is 1. The number of hydrogen-bond donors (Lipinski definition) is 1. The van der Waals surface area contributed by atoms with E-state index in [1.54, 1.807) is 28.6 Å². The van der Waals surface area contributed by atoms with E-state index < -0.39 is 5.92 Å². The van der Waals surface area contributed by atoms with Crippen molar-refractivity contribution in [3.63, 3.8) is 0 Å². The molecule has 2 fully saturated rings. The Morgan fingerprint density at radius 2 is 1.86 bits per heavy atom. The Hall–Kier alpha value is -2.81. The molecular formula is C20H21FN4O3S. The number of carbonyl (C=O) groups is 3. The van der Waals surface area contributed by atoms with Crippen LogP contribution in [0, 0.1) is 17.7 Å². The van der Waals surface area contributed by atoms with E-state index in [9.17, 15) is 18.8 Å². The third kappa shape index (κ3) is 4.29. The molecular weight excluding hydrogens is 395 g/mol. The van der Waals surface area contributed by atoms with Crippen molar-refractivity contribution in [2.75, 3.05) is 29.9 Å². The van der Waals surface area contributed by atoms with Gasteiger partial charge in [0.05, 0.1) is 5.92 Å². The van der Waals surface area contributed by atoms with Gasteiger partial charge in [0.15, 0.2) is 5.13 Å². The van der Waals surface area contributed by atoms with Crippen LogP contribution in [0.4, 0.5) is 15.2 Å². The van der Waals surface area contributed by atoms with E-state index in [2.05, 4.69) is 10.3 Å². The zero-order valence-corrected chi connectivity index (χ0v) is 16.5. The summed E-state index contributed by atoms with van der Waals surface area (Å²) in [5.41, 5.74) is 0.601. The van der Waals surface area contributed by atoms with Gasteiger partial charge in [-0.25, -0.2) is 9.37 Å². The van der Waals surface area contributed by atoms with E-state index >= 15 is 0 Å². The molecule has 1 aromatic heterocycles. The number of amides is 3. The summed E-state index contributed by atoms with van der Waals surface area (Å²) in [5.74, 6) is -1.17. The highest BCUT2D eigenvalue weighted by Gasteiger charge is 2.38. The molecule has 9 heteroatoms. The Morgan fingerprint density at radius 3 is 2.52 bits per heavy atom. The van der Waals surface area contributed by atoms with E-state index in [4.69, 9.17) is 0 Å². The largest absolute Gasteiger partial charge is 0.342 e. The lowest BCUT2D eigenvalue weighted by atomic mass is 9.94. The fourth-order valence-electron chi connectivity index (χ4n) is 3.86. The Morgan fingerprint density at radius 1 is 1.14 bits per heavy atom. The van der Waals surface area contributed by atoms with Gasteiger partial charge in [0.25, 0.3) is 0 Å². The first kappa shape index (κ1) is 19.5. The molecule has 1 aromatic carbocycles. The van der Waals surface area contributed by atoms with Gasteiger partial charge in [0.2, 0.25) is 17.7 Å². The molecule has 1 atom stereocenters. The molecule has 2 aromatic rings. The molecule has 2 aliphatic rings. The Labute approximate surface area is 171 Å². The van der Waals surface area contributed by atoms with E-state index in [-0.39, 0.29) is 35.9 Å². The van der Waals surface area contributed by atoms with Crippen molar-refractivity contribution in [3.05, 3.63) is 41.7 Å². The molecule has 152 valence electrons. The van der Waals surface area contributed by atoms with Crippen LogP contribution in [0.15, 0.2) is 35.8 Å². The highest BCUT2D eigenvalue weighted by atomic mass is 32.1. The second kappa shape index (κ2) is 8.28. The number of nitrogens with one attached hydrogen (secondary N) is 1. The third-order valence-corrected chi connectivity index (χ3v) is 6.14. The van der Waals surface area contributed by atoms with Crippen LogP contribution in [0.3, 0.4) is 0 Å². The van der Waals surface area contributed by atoms with Gasteiger partial charge < -0.3 is 15.1 Å². The highest BCUT2D eigenvalue weighted by molar-refractivity contribution is 7.13. The lowest BCUT2D eigenvalue weighted by Gasteiger charge is -2.32. The molecule has 7 nitrogen and oxygen atoms in total. The van der Waals surface area contributed by atoms with E-state index in [1.807, 2.05) is 0 Å². The number of benzene rings is 1. The summed E-state index contributed by atoms with van der Waals surface area (Å²) in [6.45, 7) is 1.29. The molecule has 4 rings (SSSR count). The van der Waals surface area contributed by atoms with Gasteiger partial charge in [0.1, 0.15) is 5.82 Å². The molecule has 0 radical (unpaired) electrons. The molecule has 0 saturated carbocycles. The number of anilines is 2. The Balaban J connectivity index is 1.31. The first-order valence-corrected chi connectivity index (χ1v) is 10.4. The van der Waals surface area contributed by atoms with Crippen LogP contribution in [0.2, 0.25) is 0 Å². The number of hydrogen-bond acceptors (Lipinski definition) is 5. The monoisotopic (exact) mass is 416 g/mol. The van der Waals surface area contributed by atoms with Crippen molar-refractivity contribution in [3.8, 4) is 0 Å². The maximum Gasteiger partial charge on any atom is 0.229 e. The predicted octanol–water partition coefficient (Wildman–Crippen LogP) is 2.51. The van der Waals surface area contributed by atoms with Crippen molar-refractivity contribution < 1.29 is 18.8 Å². The molecule has 3 heterocycles. The van der Waals surface area contributed by atoms with Gasteiger partial charge in [-0.1, -0.05) is 0 Å². The van der Waals surface area contributed by atoms with Crippen LogP contribution in [0.25, 0.3) is 0 Å². The van der Waals surface area contributed by atoms with Gasteiger partial charge in [-0.15, -0.1) is 11.3 Å². The van der Waals surface area contributed by atoms with Crippen molar-refractivity contribution in [1.29, 1.82) is 0 Å². The van der Waals surface area contributed by atoms with Gasteiger partial charge >= 0.3 is 0 Å². The average Bonchev–Trinajstić information content (AvgIpc) is 3.38. The van der Waals surface area contributed by atoms with E-state index in [0.717, 1.165) is 0 Å². The molecule has 29 heavy (non-hydrogen) atoms. The van der Waals surface area contributed by atoms with Crippen LogP contribution in [-0.4, -0.2) is 47.2 Å². The molecule has 2 saturated heterocycles. The maximum atomic E-state index is 13.1. The second-order valence-electron chi connectivity index (χ2n) is 7.31. The first-order valence-electron chi connectivity index (χ1n) is 9.56. The zero-order chi connectivity index (χ0) is 20.4. The number of nitrogens with zero attached hydrogens (tertiary/aromatic N) is 3. The molecule has 0 aliphatic carbocycles. The summed E-state index contributed by atoms with van der Waals surface area (Å²) < 4.78 is 13.1. The summed E-state index contributed by atoms with van der Waals surface area (Å²) in [7, 11) is 0. The van der Waals surface area contributed by atoms with Gasteiger partial charge in [-0.2, -0.15) is 0 Å². The Bertz CT molecular complexity index is 895. The van der Waals surface area contributed by atoms with E-state index in [1.165, 1.54) is 28.4 Å². The summed E-state index contributed by atoms with van der Waals surface area (Å²) in [5, 5.41) is 5.19. The quantitative estimate of drug-likeness (QED) is 0.830. The highest BCUT2D eigenvalue weighted by Crippen LogP contribution is 2.28. The summed E-state index contributed by atoms with van der Waals surface area (Å²) in [6, 6.07) is 5.71. The molecule has 1 N–H and O–H groups in total. The molecule has 0 spiro atoms. The molecule has 3 amide bonds. The normalized spacial score (nSPS) is 20.2. The van der Waals surface area contributed by atoms with Crippen LogP contribution >= 0.6 is 11.3 Å². The number of thiazole rings is 1. The van der Waals surface area contributed by atoms with Crippen molar-refractivity contribution in [1.82, 2.24) is 9.88 Å². The van der Waals surface area contributed by atoms with Gasteiger partial charge in [-0.05, 0) is 37.1 Å². The SMILES string of the molecule is O=C(Nc1nccs1)C1CCN(C(=O)[C@@H]2CC(=O)N(c3ccc(F)cc3)C2)CC1. The summed E-state index contributed by atoms with van der Waals surface area (Å²) in [6.07, 6.45) is 2.97. The van der Waals surface area contributed by atoms with Crippen LogP contribution < -0.4 is 10.2 Å². The minimum absolute atomic E-state index is 0.0539. The fourth-order valence-corrected chi connectivity index (χ4v) is 4.39.